The minimum Gasteiger partial charge on any atom is -0.494 e. The van der Waals surface area contributed by atoms with Crippen molar-refractivity contribution in [2.75, 3.05) is 17.7 Å². The van der Waals surface area contributed by atoms with Crippen LogP contribution in [-0.2, 0) is 11.3 Å². The Morgan fingerprint density at radius 3 is 2.56 bits per heavy atom. The van der Waals surface area contributed by atoms with E-state index in [-0.39, 0.29) is 0 Å². The van der Waals surface area contributed by atoms with Crippen LogP contribution in [0.4, 0.5) is 21.0 Å². The Morgan fingerprint density at radius 2 is 1.94 bits per heavy atom. The van der Waals surface area contributed by atoms with Gasteiger partial charge < -0.3 is 20.1 Å². The third-order valence-electron chi connectivity index (χ3n) is 4.10. The molecule has 3 rings (SSSR count). The van der Waals surface area contributed by atoms with Crippen LogP contribution in [0.5, 0.6) is 5.75 Å². The van der Waals surface area contributed by atoms with Gasteiger partial charge in [-0.1, -0.05) is 6.07 Å². The molecule has 2 heterocycles. The van der Waals surface area contributed by atoms with Crippen LogP contribution in [0.1, 0.15) is 26.3 Å². The first kappa shape index (κ1) is 22.6. The molecule has 10 nitrogen and oxygen atoms in total. The largest absolute Gasteiger partial charge is 0.494 e. The molecule has 32 heavy (non-hydrogen) atoms. The maximum atomic E-state index is 12.3. The molecule has 168 valence electrons. The van der Waals surface area contributed by atoms with Crippen molar-refractivity contribution in [1.29, 1.82) is 0 Å². The summed E-state index contributed by atoms with van der Waals surface area (Å²) in [6.45, 7) is 5.63. The van der Waals surface area contributed by atoms with Crippen LogP contribution in [0.15, 0.2) is 55.0 Å². The molecule has 0 saturated carbocycles. The highest BCUT2D eigenvalue weighted by atomic mass is 16.6. The van der Waals surface area contributed by atoms with Crippen molar-refractivity contribution in [2.24, 2.45) is 0 Å². The maximum Gasteiger partial charge on any atom is 0.412 e. The molecule has 1 aromatic carbocycles. The van der Waals surface area contributed by atoms with Crippen LogP contribution in [-0.4, -0.2) is 39.6 Å². The third-order valence-corrected chi connectivity index (χ3v) is 4.10. The number of amides is 3. The molecule has 0 saturated heterocycles. The second-order valence-electron chi connectivity index (χ2n) is 7.82. The molecule has 0 aliphatic heterocycles. The predicted molar refractivity (Wildman–Crippen MR) is 120 cm³/mol. The number of benzene rings is 1. The van der Waals surface area contributed by atoms with Crippen molar-refractivity contribution in [3.05, 3.63) is 60.6 Å². The van der Waals surface area contributed by atoms with E-state index < -0.39 is 17.7 Å². The number of nitrogens with zero attached hydrogens (tertiary/aromatic N) is 3. The van der Waals surface area contributed by atoms with Gasteiger partial charge in [-0.3, -0.25) is 5.32 Å². The number of carbonyl (C=O) groups is 2. The number of hydrogen-bond acceptors (Lipinski definition) is 6. The number of anilines is 2. The molecule has 0 bridgehead atoms. The zero-order valence-electron chi connectivity index (χ0n) is 18.4. The summed E-state index contributed by atoms with van der Waals surface area (Å²) in [6.07, 6.45) is 4.56. The van der Waals surface area contributed by atoms with E-state index in [9.17, 15) is 9.59 Å². The van der Waals surface area contributed by atoms with Gasteiger partial charge in [-0.25, -0.2) is 19.3 Å². The van der Waals surface area contributed by atoms with Gasteiger partial charge in [-0.15, -0.1) is 0 Å². The minimum absolute atomic E-state index is 0.299. The summed E-state index contributed by atoms with van der Waals surface area (Å²) < 4.78 is 12.2. The van der Waals surface area contributed by atoms with E-state index in [1.165, 1.54) is 7.11 Å². The molecule has 0 fully saturated rings. The summed E-state index contributed by atoms with van der Waals surface area (Å²) in [5.74, 6) is 1.07. The Kier molecular flexibility index (Phi) is 6.93. The summed E-state index contributed by atoms with van der Waals surface area (Å²) in [7, 11) is 1.47. The summed E-state index contributed by atoms with van der Waals surface area (Å²) >= 11 is 0. The molecule has 10 heteroatoms. The second-order valence-corrected chi connectivity index (χ2v) is 7.82. The van der Waals surface area contributed by atoms with Crippen molar-refractivity contribution >= 4 is 23.5 Å². The van der Waals surface area contributed by atoms with Crippen molar-refractivity contribution in [2.45, 2.75) is 32.9 Å². The Hall–Kier alpha value is -4.08. The van der Waals surface area contributed by atoms with Gasteiger partial charge in [-0.05, 0) is 50.6 Å². The third kappa shape index (κ3) is 6.46. The number of ether oxygens (including phenoxy) is 2. The Labute approximate surface area is 185 Å². The standard InChI is InChI=1S/C22H26N6O4/c1-22(2,3)32-21(30)27-17-8-7-16(12-18(17)31-4)26-20(29)24-14-15-6-9-19(23-13-15)28-11-5-10-25-28/h5-13H,14H2,1-4H3,(H,27,30)(H2,24,26,29). The lowest BCUT2D eigenvalue weighted by Gasteiger charge is -2.20. The average Bonchev–Trinajstić information content (AvgIpc) is 3.27. The summed E-state index contributed by atoms with van der Waals surface area (Å²) in [6, 6.07) is 9.98. The molecule has 3 amide bonds. The SMILES string of the molecule is COc1cc(NC(=O)NCc2ccc(-n3cccn3)nc2)ccc1NC(=O)OC(C)(C)C. The molecule has 3 N–H and O–H groups in total. The fraction of sp³-hybridized carbons (Fsp3) is 0.273. The lowest BCUT2D eigenvalue weighted by molar-refractivity contribution is 0.0635. The zero-order chi connectivity index (χ0) is 23.1. The number of aromatic nitrogens is 3. The van der Waals surface area contributed by atoms with Gasteiger partial charge in [0, 0.05) is 36.9 Å². The van der Waals surface area contributed by atoms with Crippen LogP contribution in [0.25, 0.3) is 5.82 Å². The van der Waals surface area contributed by atoms with Crippen LogP contribution >= 0.6 is 0 Å². The predicted octanol–water partition coefficient (Wildman–Crippen LogP) is 3.94. The van der Waals surface area contributed by atoms with Gasteiger partial charge in [0.15, 0.2) is 5.82 Å². The van der Waals surface area contributed by atoms with Gasteiger partial charge in [0.1, 0.15) is 11.4 Å². The molecule has 0 unspecified atom stereocenters. The number of rotatable bonds is 6. The molecule has 0 radical (unpaired) electrons. The second kappa shape index (κ2) is 9.82. The van der Waals surface area contributed by atoms with E-state index in [0.717, 1.165) is 5.56 Å². The summed E-state index contributed by atoms with van der Waals surface area (Å²) in [5.41, 5.74) is 1.15. The Morgan fingerprint density at radius 1 is 1.12 bits per heavy atom. The number of hydrogen-bond donors (Lipinski definition) is 3. The number of carbonyl (C=O) groups excluding carboxylic acids is 2. The molecule has 3 aromatic rings. The Bertz CT molecular complexity index is 1060. The van der Waals surface area contributed by atoms with E-state index in [1.54, 1.807) is 62.2 Å². The maximum absolute atomic E-state index is 12.3. The number of nitrogens with one attached hydrogen (secondary N) is 3. The monoisotopic (exact) mass is 438 g/mol. The van der Waals surface area contributed by atoms with Crippen LogP contribution in [0.3, 0.4) is 0 Å². The van der Waals surface area contributed by atoms with Crippen LogP contribution in [0.2, 0.25) is 0 Å². The topological polar surface area (TPSA) is 119 Å². The van der Waals surface area contributed by atoms with Crippen LogP contribution < -0.4 is 20.7 Å². The average molecular weight is 438 g/mol. The first-order chi connectivity index (χ1) is 15.2. The Balaban J connectivity index is 1.54. The van der Waals surface area contributed by atoms with Crippen molar-refractivity contribution in [1.82, 2.24) is 20.1 Å². The molecule has 0 aliphatic carbocycles. The van der Waals surface area contributed by atoms with E-state index in [1.807, 2.05) is 18.2 Å². The van der Waals surface area contributed by atoms with E-state index in [0.29, 0.717) is 29.5 Å². The van der Waals surface area contributed by atoms with Crippen molar-refractivity contribution in [3.8, 4) is 11.6 Å². The van der Waals surface area contributed by atoms with E-state index in [2.05, 4.69) is 26.0 Å². The first-order valence-electron chi connectivity index (χ1n) is 9.91. The van der Waals surface area contributed by atoms with Crippen molar-refractivity contribution < 1.29 is 19.1 Å². The molecule has 0 spiro atoms. The smallest absolute Gasteiger partial charge is 0.412 e. The highest BCUT2D eigenvalue weighted by Crippen LogP contribution is 2.28. The highest BCUT2D eigenvalue weighted by Gasteiger charge is 2.18. The van der Waals surface area contributed by atoms with Gasteiger partial charge >= 0.3 is 12.1 Å². The minimum atomic E-state index is -0.619. The van der Waals surface area contributed by atoms with Crippen LogP contribution in [0, 0.1) is 0 Å². The number of urea groups is 1. The quantitative estimate of drug-likeness (QED) is 0.536. The lowest BCUT2D eigenvalue weighted by Crippen LogP contribution is -2.28. The van der Waals surface area contributed by atoms with Gasteiger partial charge in [0.05, 0.1) is 12.8 Å². The number of methoxy groups -OCH3 is 1. The van der Waals surface area contributed by atoms with Gasteiger partial charge in [0.25, 0.3) is 0 Å². The van der Waals surface area contributed by atoms with Crippen molar-refractivity contribution in [3.63, 3.8) is 0 Å². The lowest BCUT2D eigenvalue weighted by atomic mass is 10.2. The fourth-order valence-electron chi connectivity index (χ4n) is 2.70. The summed E-state index contributed by atoms with van der Waals surface area (Å²) in [5, 5.41) is 12.3. The van der Waals surface area contributed by atoms with E-state index in [4.69, 9.17) is 9.47 Å². The molecular formula is C22H26N6O4. The molecule has 0 atom stereocenters. The summed E-state index contributed by atoms with van der Waals surface area (Å²) in [4.78, 5) is 28.6. The van der Waals surface area contributed by atoms with Gasteiger partial charge in [-0.2, -0.15) is 5.10 Å². The molecule has 2 aromatic heterocycles. The highest BCUT2D eigenvalue weighted by molar-refractivity contribution is 5.91. The molecule has 0 aliphatic rings. The normalized spacial score (nSPS) is 10.9. The molecular weight excluding hydrogens is 412 g/mol. The zero-order valence-corrected chi connectivity index (χ0v) is 18.4. The van der Waals surface area contributed by atoms with Gasteiger partial charge in [0.2, 0.25) is 0 Å². The first-order valence-corrected chi connectivity index (χ1v) is 9.91. The number of pyridine rings is 1. The fourth-order valence-corrected chi connectivity index (χ4v) is 2.70. The van der Waals surface area contributed by atoms with E-state index >= 15 is 0 Å².